The van der Waals surface area contributed by atoms with Gasteiger partial charge in [0.05, 0.1) is 0 Å². The van der Waals surface area contributed by atoms with E-state index in [-0.39, 0.29) is 11.8 Å². The monoisotopic (exact) mass is 274 g/mol. The van der Waals surface area contributed by atoms with Crippen molar-refractivity contribution in [3.63, 3.8) is 0 Å². The quantitative estimate of drug-likeness (QED) is 0.879. The number of halogens is 3. The first-order chi connectivity index (χ1) is 8.79. The van der Waals surface area contributed by atoms with Gasteiger partial charge < -0.3 is 4.57 Å². The van der Waals surface area contributed by atoms with Crippen LogP contribution in [0.1, 0.15) is 16.4 Å². The molecule has 10 heteroatoms. The van der Waals surface area contributed by atoms with Gasteiger partial charge in [-0.2, -0.15) is 18.2 Å². The van der Waals surface area contributed by atoms with Crippen LogP contribution in [-0.4, -0.2) is 30.2 Å². The van der Waals surface area contributed by atoms with Gasteiger partial charge in [-0.15, -0.1) is 5.10 Å². The Bertz CT molecular complexity index is 614. The van der Waals surface area contributed by atoms with Crippen LogP contribution in [0, 0.1) is 0 Å². The second kappa shape index (κ2) is 4.37. The van der Waals surface area contributed by atoms with Crippen LogP contribution < -0.4 is 5.32 Å². The van der Waals surface area contributed by atoms with Crippen molar-refractivity contribution < 1.29 is 18.0 Å². The molecule has 0 spiro atoms. The number of rotatable bonds is 2. The van der Waals surface area contributed by atoms with E-state index in [0.717, 1.165) is 4.68 Å². The number of carbonyl (C=O) groups excluding carboxylic acids is 1. The van der Waals surface area contributed by atoms with Gasteiger partial charge in [-0.3, -0.25) is 10.1 Å². The molecule has 7 nitrogen and oxygen atoms in total. The Morgan fingerprint density at radius 2 is 2.05 bits per heavy atom. The molecule has 2 rings (SSSR count). The molecule has 0 saturated heterocycles. The fourth-order valence-electron chi connectivity index (χ4n) is 1.36. The zero-order valence-electron chi connectivity index (χ0n) is 9.93. The lowest BCUT2D eigenvalue weighted by Gasteiger charge is -2.03. The highest BCUT2D eigenvalue weighted by Crippen LogP contribution is 2.26. The van der Waals surface area contributed by atoms with Crippen LogP contribution in [0.3, 0.4) is 0 Å². The fraction of sp³-hybridized carbons (Fsp3) is 0.333. The van der Waals surface area contributed by atoms with Crippen LogP contribution in [0.5, 0.6) is 0 Å². The van der Waals surface area contributed by atoms with E-state index in [4.69, 9.17) is 0 Å². The van der Waals surface area contributed by atoms with Gasteiger partial charge in [0.25, 0.3) is 11.7 Å². The zero-order chi connectivity index (χ0) is 14.2. The van der Waals surface area contributed by atoms with Crippen LogP contribution in [0.25, 0.3) is 0 Å². The highest BCUT2D eigenvalue weighted by molar-refractivity contribution is 6.00. The summed E-state index contributed by atoms with van der Waals surface area (Å²) in [7, 11) is 2.83. The van der Waals surface area contributed by atoms with Gasteiger partial charge in [0.1, 0.15) is 0 Å². The number of alkyl halides is 3. The Morgan fingerprint density at radius 3 is 2.53 bits per heavy atom. The third kappa shape index (κ3) is 2.56. The van der Waals surface area contributed by atoms with Crippen molar-refractivity contribution in [2.24, 2.45) is 14.1 Å². The Kier molecular flexibility index (Phi) is 3.00. The van der Waals surface area contributed by atoms with Gasteiger partial charge >= 0.3 is 6.18 Å². The van der Waals surface area contributed by atoms with Crippen LogP contribution in [-0.2, 0) is 20.3 Å². The molecule has 0 aliphatic heterocycles. The lowest BCUT2D eigenvalue weighted by atomic mass is 10.5. The summed E-state index contributed by atoms with van der Waals surface area (Å²) in [6, 6.07) is 0. The molecule has 0 unspecified atom stereocenters. The Hall–Kier alpha value is -2.39. The number of amides is 1. The Labute approximate surface area is 105 Å². The van der Waals surface area contributed by atoms with E-state index in [1.165, 1.54) is 24.0 Å². The van der Waals surface area contributed by atoms with Gasteiger partial charge in [-0.1, -0.05) is 0 Å². The number of hydrogen-bond acceptors (Lipinski definition) is 4. The van der Waals surface area contributed by atoms with Gasteiger partial charge in [-0.25, -0.2) is 9.67 Å². The number of imidazole rings is 1. The van der Waals surface area contributed by atoms with E-state index < -0.39 is 17.9 Å². The Balaban J connectivity index is 2.23. The van der Waals surface area contributed by atoms with Crippen molar-refractivity contribution >= 4 is 11.9 Å². The minimum absolute atomic E-state index is 0.0524. The maximum absolute atomic E-state index is 12.4. The van der Waals surface area contributed by atoms with Crippen LogP contribution in [0.15, 0.2) is 12.4 Å². The highest BCUT2D eigenvalue weighted by atomic mass is 19.4. The highest BCUT2D eigenvalue weighted by Gasteiger charge is 2.37. The summed E-state index contributed by atoms with van der Waals surface area (Å²) in [5.74, 6) is -2.24. The van der Waals surface area contributed by atoms with E-state index in [1.54, 1.807) is 7.05 Å². The molecule has 1 N–H and O–H groups in total. The summed E-state index contributed by atoms with van der Waals surface area (Å²) >= 11 is 0. The fourth-order valence-corrected chi connectivity index (χ4v) is 1.36. The van der Waals surface area contributed by atoms with Gasteiger partial charge in [0, 0.05) is 26.5 Å². The maximum atomic E-state index is 12.4. The second-order valence-corrected chi connectivity index (χ2v) is 3.70. The van der Waals surface area contributed by atoms with Crippen molar-refractivity contribution in [2.45, 2.75) is 6.18 Å². The molecule has 0 saturated carbocycles. The van der Waals surface area contributed by atoms with Gasteiger partial charge in [0.2, 0.25) is 5.95 Å². The average molecular weight is 274 g/mol. The summed E-state index contributed by atoms with van der Waals surface area (Å²) < 4.78 is 39.4. The van der Waals surface area contributed by atoms with Crippen molar-refractivity contribution in [3.05, 3.63) is 24.0 Å². The van der Waals surface area contributed by atoms with E-state index in [1.807, 2.05) is 0 Å². The summed E-state index contributed by atoms with van der Waals surface area (Å²) in [5.41, 5.74) is 0. The molecule has 2 aromatic rings. The van der Waals surface area contributed by atoms with Crippen molar-refractivity contribution in [3.8, 4) is 0 Å². The van der Waals surface area contributed by atoms with Crippen LogP contribution in [0.2, 0.25) is 0 Å². The van der Waals surface area contributed by atoms with Gasteiger partial charge in [0.15, 0.2) is 5.82 Å². The van der Waals surface area contributed by atoms with E-state index in [0.29, 0.717) is 0 Å². The molecule has 19 heavy (non-hydrogen) atoms. The SMILES string of the molecule is Cn1ccnc1C(=O)Nc1nc(C(F)(F)F)nn1C. The standard InChI is InChI=1S/C9H9F3N6O/c1-17-4-3-13-5(17)6(19)14-8-15-7(9(10,11)12)16-18(8)2/h3-4H,1-2H3,(H,14,15,16,19). The number of aromatic nitrogens is 5. The molecule has 0 aliphatic rings. The third-order valence-corrected chi connectivity index (χ3v) is 2.27. The van der Waals surface area contributed by atoms with E-state index >= 15 is 0 Å². The first-order valence-electron chi connectivity index (χ1n) is 5.06. The van der Waals surface area contributed by atoms with Gasteiger partial charge in [-0.05, 0) is 0 Å². The molecule has 0 fully saturated rings. The average Bonchev–Trinajstić information content (AvgIpc) is 2.85. The smallest absolute Gasteiger partial charge is 0.330 e. The van der Waals surface area contributed by atoms with Crippen molar-refractivity contribution in [1.29, 1.82) is 0 Å². The largest absolute Gasteiger partial charge is 0.453 e. The summed E-state index contributed by atoms with van der Waals surface area (Å²) in [6.07, 6.45) is -1.73. The van der Waals surface area contributed by atoms with Crippen molar-refractivity contribution in [2.75, 3.05) is 5.32 Å². The zero-order valence-corrected chi connectivity index (χ0v) is 9.93. The second-order valence-electron chi connectivity index (χ2n) is 3.70. The maximum Gasteiger partial charge on any atom is 0.453 e. The number of anilines is 1. The first kappa shape index (κ1) is 13.1. The molecule has 2 aromatic heterocycles. The van der Waals surface area contributed by atoms with Crippen molar-refractivity contribution in [1.82, 2.24) is 24.3 Å². The predicted molar refractivity (Wildman–Crippen MR) is 57.2 cm³/mol. The summed E-state index contributed by atoms with van der Waals surface area (Å²) in [4.78, 5) is 18.7. The summed E-state index contributed by atoms with van der Waals surface area (Å²) in [6.45, 7) is 0. The van der Waals surface area contributed by atoms with Crippen LogP contribution >= 0.6 is 0 Å². The number of nitrogens with zero attached hydrogens (tertiary/aromatic N) is 5. The number of aryl methyl sites for hydroxylation is 2. The predicted octanol–water partition coefficient (Wildman–Crippen LogP) is 0.820. The number of carbonyl (C=O) groups is 1. The molecule has 2 heterocycles. The molecule has 0 bridgehead atoms. The number of hydrogen-bond donors (Lipinski definition) is 1. The molecule has 0 aliphatic carbocycles. The normalized spacial score (nSPS) is 11.6. The van der Waals surface area contributed by atoms with E-state index in [9.17, 15) is 18.0 Å². The third-order valence-electron chi connectivity index (χ3n) is 2.27. The number of nitrogens with one attached hydrogen (secondary N) is 1. The Morgan fingerprint density at radius 1 is 1.37 bits per heavy atom. The first-order valence-corrected chi connectivity index (χ1v) is 5.06. The lowest BCUT2D eigenvalue weighted by Crippen LogP contribution is -2.19. The molecule has 1 amide bonds. The van der Waals surface area contributed by atoms with Crippen LogP contribution in [0.4, 0.5) is 19.1 Å². The summed E-state index contributed by atoms with van der Waals surface area (Å²) in [5, 5.41) is 5.39. The molecule has 102 valence electrons. The minimum Gasteiger partial charge on any atom is -0.330 e. The molecular weight excluding hydrogens is 265 g/mol. The molecule has 0 radical (unpaired) electrons. The molecule has 0 atom stereocenters. The topological polar surface area (TPSA) is 77.6 Å². The minimum atomic E-state index is -4.66. The van der Waals surface area contributed by atoms with E-state index in [2.05, 4.69) is 20.4 Å². The molecule has 0 aromatic carbocycles. The lowest BCUT2D eigenvalue weighted by molar-refractivity contribution is -0.144. The molecular formula is C9H9F3N6O.